The molecule has 1 aromatic carbocycles. The number of amides is 1. The predicted molar refractivity (Wildman–Crippen MR) is 78.8 cm³/mol. The van der Waals surface area contributed by atoms with Crippen molar-refractivity contribution in [2.75, 3.05) is 5.32 Å². The van der Waals surface area contributed by atoms with Gasteiger partial charge in [0.05, 0.1) is 6.33 Å². The molecule has 0 spiro atoms. The summed E-state index contributed by atoms with van der Waals surface area (Å²) in [5.74, 6) is 0.0629. The Hall–Kier alpha value is -1.62. The van der Waals surface area contributed by atoms with Crippen LogP contribution in [-0.2, 0) is 11.3 Å². The SMILES string of the molecule is O=C(CCCCn1ccnc1)Nc1ccc(Br)cc1. The number of carbonyl (C=O) groups excluding carboxylic acids is 1. The lowest BCUT2D eigenvalue weighted by Gasteiger charge is -2.05. The third-order valence-corrected chi connectivity index (χ3v) is 3.29. The maximum atomic E-state index is 11.7. The molecule has 2 aromatic rings. The van der Waals surface area contributed by atoms with E-state index in [0.717, 1.165) is 29.5 Å². The molecule has 0 aliphatic heterocycles. The number of aromatic nitrogens is 2. The molecule has 1 amide bonds. The van der Waals surface area contributed by atoms with Gasteiger partial charge in [-0.25, -0.2) is 4.98 Å². The van der Waals surface area contributed by atoms with Gasteiger partial charge in [-0.05, 0) is 37.1 Å². The summed E-state index contributed by atoms with van der Waals surface area (Å²) in [5, 5.41) is 2.88. The minimum atomic E-state index is 0.0629. The third-order valence-electron chi connectivity index (χ3n) is 2.76. The number of aryl methyl sites for hydroxylation is 1. The molecule has 0 saturated carbocycles. The van der Waals surface area contributed by atoms with Crippen LogP contribution in [0.1, 0.15) is 19.3 Å². The average molecular weight is 322 g/mol. The highest BCUT2D eigenvalue weighted by Gasteiger charge is 2.02. The highest BCUT2D eigenvalue weighted by Crippen LogP contribution is 2.14. The first-order valence-corrected chi connectivity index (χ1v) is 7.04. The molecule has 19 heavy (non-hydrogen) atoms. The molecule has 0 atom stereocenters. The van der Waals surface area contributed by atoms with Gasteiger partial charge >= 0.3 is 0 Å². The Balaban J connectivity index is 1.65. The second-order valence-corrected chi connectivity index (χ2v) is 5.23. The summed E-state index contributed by atoms with van der Waals surface area (Å²) < 4.78 is 3.03. The molecule has 0 fully saturated rings. The highest BCUT2D eigenvalue weighted by molar-refractivity contribution is 9.10. The molecule has 0 aliphatic rings. The van der Waals surface area contributed by atoms with Crippen LogP contribution in [-0.4, -0.2) is 15.5 Å². The summed E-state index contributed by atoms with van der Waals surface area (Å²) in [4.78, 5) is 15.7. The first-order valence-electron chi connectivity index (χ1n) is 6.25. The molecule has 0 aliphatic carbocycles. The lowest BCUT2D eigenvalue weighted by molar-refractivity contribution is -0.116. The van der Waals surface area contributed by atoms with Crippen LogP contribution in [0.3, 0.4) is 0 Å². The summed E-state index contributed by atoms with van der Waals surface area (Å²) in [6.45, 7) is 0.908. The van der Waals surface area contributed by atoms with Crippen molar-refractivity contribution in [1.82, 2.24) is 9.55 Å². The van der Waals surface area contributed by atoms with Gasteiger partial charge in [0.25, 0.3) is 0 Å². The summed E-state index contributed by atoms with van der Waals surface area (Å²) >= 11 is 3.36. The summed E-state index contributed by atoms with van der Waals surface area (Å²) in [6.07, 6.45) is 7.89. The number of imidazole rings is 1. The van der Waals surface area contributed by atoms with E-state index in [4.69, 9.17) is 0 Å². The van der Waals surface area contributed by atoms with Gasteiger partial charge in [-0.15, -0.1) is 0 Å². The van der Waals surface area contributed by atoms with Gasteiger partial charge in [0.2, 0.25) is 5.91 Å². The Morgan fingerprint density at radius 1 is 1.26 bits per heavy atom. The molecule has 4 nitrogen and oxygen atoms in total. The van der Waals surface area contributed by atoms with E-state index in [1.54, 1.807) is 12.5 Å². The second-order valence-electron chi connectivity index (χ2n) is 4.31. The number of anilines is 1. The smallest absolute Gasteiger partial charge is 0.224 e. The van der Waals surface area contributed by atoms with Gasteiger partial charge < -0.3 is 9.88 Å². The number of hydrogen-bond donors (Lipinski definition) is 1. The topological polar surface area (TPSA) is 46.9 Å². The van der Waals surface area contributed by atoms with Crippen LogP contribution in [0.25, 0.3) is 0 Å². The van der Waals surface area contributed by atoms with E-state index in [-0.39, 0.29) is 5.91 Å². The number of rotatable bonds is 6. The molecule has 2 rings (SSSR count). The lowest BCUT2D eigenvalue weighted by Crippen LogP contribution is -2.11. The zero-order valence-electron chi connectivity index (χ0n) is 10.6. The van der Waals surface area contributed by atoms with E-state index in [2.05, 4.69) is 26.2 Å². The van der Waals surface area contributed by atoms with Crippen LogP contribution in [0.4, 0.5) is 5.69 Å². The Kier molecular flexibility index (Phi) is 5.15. The molecule has 1 aromatic heterocycles. The van der Waals surface area contributed by atoms with Gasteiger partial charge in [-0.1, -0.05) is 15.9 Å². The van der Waals surface area contributed by atoms with E-state index in [9.17, 15) is 4.79 Å². The number of benzene rings is 1. The predicted octanol–water partition coefficient (Wildman–Crippen LogP) is 3.45. The quantitative estimate of drug-likeness (QED) is 0.828. The minimum absolute atomic E-state index is 0.0629. The van der Waals surface area contributed by atoms with Gasteiger partial charge in [-0.3, -0.25) is 4.79 Å². The number of nitrogens with zero attached hydrogens (tertiary/aromatic N) is 2. The number of hydrogen-bond acceptors (Lipinski definition) is 2. The van der Waals surface area contributed by atoms with Gasteiger partial charge in [-0.2, -0.15) is 0 Å². The third kappa shape index (κ3) is 4.87. The molecule has 0 saturated heterocycles. The summed E-state index contributed by atoms with van der Waals surface area (Å²) in [7, 11) is 0. The molecular formula is C14H16BrN3O. The Bertz CT molecular complexity index is 508. The fraction of sp³-hybridized carbons (Fsp3) is 0.286. The van der Waals surface area contributed by atoms with Crippen LogP contribution in [0.2, 0.25) is 0 Å². The Morgan fingerprint density at radius 3 is 2.74 bits per heavy atom. The van der Waals surface area contributed by atoms with Crippen LogP contribution < -0.4 is 5.32 Å². The molecule has 1 heterocycles. The number of halogens is 1. The Labute approximate surface area is 121 Å². The molecule has 5 heteroatoms. The van der Waals surface area contributed by atoms with Crippen LogP contribution in [0.15, 0.2) is 47.5 Å². The van der Waals surface area contributed by atoms with Crippen LogP contribution in [0, 0.1) is 0 Å². The van der Waals surface area contributed by atoms with Gasteiger partial charge in [0, 0.05) is 35.5 Å². The van der Waals surface area contributed by atoms with Crippen LogP contribution in [0.5, 0.6) is 0 Å². The fourth-order valence-electron chi connectivity index (χ4n) is 1.76. The number of unbranched alkanes of at least 4 members (excludes halogenated alkanes) is 1. The van der Waals surface area contributed by atoms with E-state index in [1.165, 1.54) is 0 Å². The first kappa shape index (κ1) is 13.8. The van der Waals surface area contributed by atoms with Crippen molar-refractivity contribution in [3.63, 3.8) is 0 Å². The summed E-state index contributed by atoms with van der Waals surface area (Å²) in [6, 6.07) is 7.59. The Morgan fingerprint density at radius 2 is 2.05 bits per heavy atom. The summed E-state index contributed by atoms with van der Waals surface area (Å²) in [5.41, 5.74) is 0.836. The monoisotopic (exact) mass is 321 g/mol. The van der Waals surface area contributed by atoms with Crippen molar-refractivity contribution < 1.29 is 4.79 Å². The fourth-order valence-corrected chi connectivity index (χ4v) is 2.02. The molecule has 0 unspecified atom stereocenters. The van der Waals surface area contributed by atoms with Crippen molar-refractivity contribution in [2.45, 2.75) is 25.8 Å². The van der Waals surface area contributed by atoms with Crippen molar-refractivity contribution >= 4 is 27.5 Å². The lowest BCUT2D eigenvalue weighted by atomic mass is 10.2. The van der Waals surface area contributed by atoms with Gasteiger partial charge in [0.15, 0.2) is 0 Å². The maximum Gasteiger partial charge on any atom is 0.224 e. The van der Waals surface area contributed by atoms with E-state index in [0.29, 0.717) is 6.42 Å². The minimum Gasteiger partial charge on any atom is -0.337 e. The van der Waals surface area contributed by atoms with Crippen LogP contribution >= 0.6 is 15.9 Å². The highest BCUT2D eigenvalue weighted by atomic mass is 79.9. The number of carbonyl (C=O) groups is 1. The zero-order chi connectivity index (χ0) is 13.5. The first-order chi connectivity index (χ1) is 9.24. The maximum absolute atomic E-state index is 11.7. The van der Waals surface area contributed by atoms with Crippen molar-refractivity contribution in [2.24, 2.45) is 0 Å². The molecule has 0 bridgehead atoms. The normalized spacial score (nSPS) is 10.4. The van der Waals surface area contributed by atoms with E-state index < -0.39 is 0 Å². The molecule has 0 radical (unpaired) electrons. The molecular weight excluding hydrogens is 306 g/mol. The second kappa shape index (κ2) is 7.09. The zero-order valence-corrected chi connectivity index (χ0v) is 12.1. The average Bonchev–Trinajstić information content (AvgIpc) is 2.91. The standard InChI is InChI=1S/C14H16BrN3O/c15-12-4-6-13(7-5-12)17-14(19)3-1-2-9-18-10-8-16-11-18/h4-8,10-11H,1-3,9H2,(H,17,19). The molecule has 1 N–H and O–H groups in total. The van der Waals surface area contributed by atoms with E-state index in [1.807, 2.05) is 35.0 Å². The number of nitrogens with one attached hydrogen (secondary N) is 1. The van der Waals surface area contributed by atoms with Crippen molar-refractivity contribution in [3.05, 3.63) is 47.5 Å². The van der Waals surface area contributed by atoms with Crippen molar-refractivity contribution in [3.8, 4) is 0 Å². The van der Waals surface area contributed by atoms with E-state index >= 15 is 0 Å². The van der Waals surface area contributed by atoms with Crippen molar-refractivity contribution in [1.29, 1.82) is 0 Å². The molecule has 100 valence electrons. The van der Waals surface area contributed by atoms with Gasteiger partial charge in [0.1, 0.15) is 0 Å². The largest absolute Gasteiger partial charge is 0.337 e.